The molecule has 0 bridgehead atoms. The Labute approximate surface area is 187 Å². The molecule has 0 amide bonds. The third-order valence-electron chi connectivity index (χ3n) is 6.72. The minimum atomic E-state index is 0.534. The summed E-state index contributed by atoms with van der Waals surface area (Å²) in [4.78, 5) is 9.51. The molecule has 31 heavy (non-hydrogen) atoms. The van der Waals surface area contributed by atoms with Crippen molar-refractivity contribution in [3.63, 3.8) is 0 Å². The quantitative estimate of drug-likeness (QED) is 0.592. The van der Waals surface area contributed by atoms with Crippen LogP contribution in [0.5, 0.6) is 0 Å². The molecule has 168 valence electrons. The number of likely N-dealkylation sites (tertiary alicyclic amines) is 2. The van der Waals surface area contributed by atoms with E-state index in [-0.39, 0.29) is 0 Å². The van der Waals surface area contributed by atoms with E-state index in [4.69, 9.17) is 0 Å². The van der Waals surface area contributed by atoms with E-state index in [2.05, 4.69) is 69.5 Å². The molecule has 0 spiro atoms. The summed E-state index contributed by atoms with van der Waals surface area (Å²) >= 11 is 0. The van der Waals surface area contributed by atoms with E-state index >= 15 is 0 Å². The average molecular weight is 423 g/mol. The van der Waals surface area contributed by atoms with Gasteiger partial charge in [0, 0.05) is 65.5 Å². The van der Waals surface area contributed by atoms with Crippen LogP contribution < -0.4 is 5.32 Å². The summed E-state index contributed by atoms with van der Waals surface area (Å²) in [6.07, 6.45) is 6.64. The summed E-state index contributed by atoms with van der Waals surface area (Å²) < 4.78 is 1.89. The van der Waals surface area contributed by atoms with E-state index in [0.717, 1.165) is 50.4 Å². The van der Waals surface area contributed by atoms with Crippen molar-refractivity contribution in [1.29, 1.82) is 0 Å². The lowest BCUT2D eigenvalue weighted by Crippen LogP contribution is -2.39. The number of benzene rings is 1. The molecule has 2 aliphatic rings. The standard InChI is InChI=1S/C25H38N6/c1-19-11-20(2)15-30(14-19)16-22-7-5-21(6-8-22)12-27-25(26-3)31-10-9-23(18-31)24-13-28-29(4)17-24/h5-8,13,17,19-20,23H,9-12,14-16,18H2,1-4H3,(H,26,27). The van der Waals surface area contributed by atoms with Crippen LogP contribution in [0.1, 0.15) is 49.3 Å². The van der Waals surface area contributed by atoms with Gasteiger partial charge in [0.1, 0.15) is 0 Å². The summed E-state index contributed by atoms with van der Waals surface area (Å²) in [7, 11) is 3.86. The van der Waals surface area contributed by atoms with Crippen molar-refractivity contribution in [2.24, 2.45) is 23.9 Å². The highest BCUT2D eigenvalue weighted by atomic mass is 15.3. The van der Waals surface area contributed by atoms with Crippen molar-refractivity contribution in [3.8, 4) is 0 Å². The largest absolute Gasteiger partial charge is 0.352 e. The fourth-order valence-corrected chi connectivity index (χ4v) is 5.33. The van der Waals surface area contributed by atoms with Crippen LogP contribution in [0.15, 0.2) is 41.7 Å². The third kappa shape index (κ3) is 5.67. The zero-order valence-electron chi connectivity index (χ0n) is 19.6. The molecule has 3 unspecified atom stereocenters. The maximum atomic E-state index is 4.53. The van der Waals surface area contributed by atoms with Crippen LogP contribution in [0.3, 0.4) is 0 Å². The van der Waals surface area contributed by atoms with Gasteiger partial charge in [-0.1, -0.05) is 38.1 Å². The number of rotatable bonds is 5. The Morgan fingerprint density at radius 3 is 2.45 bits per heavy atom. The molecule has 0 saturated carbocycles. The molecule has 2 saturated heterocycles. The molecule has 1 aromatic heterocycles. The predicted octanol–water partition coefficient (Wildman–Crippen LogP) is 3.46. The van der Waals surface area contributed by atoms with Crippen LogP contribution in [-0.2, 0) is 20.1 Å². The molecule has 3 heterocycles. The third-order valence-corrected chi connectivity index (χ3v) is 6.72. The first-order valence-corrected chi connectivity index (χ1v) is 11.7. The molecule has 6 nitrogen and oxygen atoms in total. The second kappa shape index (κ2) is 9.86. The minimum absolute atomic E-state index is 0.534. The number of piperidine rings is 1. The van der Waals surface area contributed by atoms with Crippen molar-refractivity contribution in [2.75, 3.05) is 33.2 Å². The Balaban J connectivity index is 1.27. The van der Waals surface area contributed by atoms with Gasteiger partial charge in [0.05, 0.1) is 6.20 Å². The number of nitrogens with zero attached hydrogens (tertiary/aromatic N) is 5. The zero-order valence-corrected chi connectivity index (χ0v) is 19.6. The Hall–Kier alpha value is -2.34. The van der Waals surface area contributed by atoms with Gasteiger partial charge in [-0.2, -0.15) is 5.10 Å². The first-order chi connectivity index (χ1) is 15.0. The smallest absolute Gasteiger partial charge is 0.193 e. The Morgan fingerprint density at radius 1 is 1.10 bits per heavy atom. The molecule has 1 aromatic carbocycles. The van der Waals surface area contributed by atoms with Crippen LogP contribution in [-0.4, -0.2) is 58.8 Å². The lowest BCUT2D eigenvalue weighted by atomic mass is 9.91. The monoisotopic (exact) mass is 422 g/mol. The number of hydrogen-bond donors (Lipinski definition) is 1. The summed E-state index contributed by atoms with van der Waals surface area (Å²) in [5.41, 5.74) is 4.04. The van der Waals surface area contributed by atoms with Crippen LogP contribution >= 0.6 is 0 Å². The van der Waals surface area contributed by atoms with Crippen molar-refractivity contribution in [1.82, 2.24) is 24.9 Å². The lowest BCUT2D eigenvalue weighted by molar-refractivity contribution is 0.134. The normalized spacial score (nSPS) is 25.2. The predicted molar refractivity (Wildman–Crippen MR) is 127 cm³/mol. The van der Waals surface area contributed by atoms with Gasteiger partial charge in [0.15, 0.2) is 5.96 Å². The SMILES string of the molecule is CN=C(NCc1ccc(CN2CC(C)CC(C)C2)cc1)N1CCC(c2cnn(C)c2)C1. The molecular weight excluding hydrogens is 384 g/mol. The van der Waals surface area contributed by atoms with E-state index in [1.165, 1.54) is 36.2 Å². The highest BCUT2D eigenvalue weighted by Gasteiger charge is 2.27. The van der Waals surface area contributed by atoms with E-state index in [0.29, 0.717) is 5.92 Å². The highest BCUT2D eigenvalue weighted by molar-refractivity contribution is 5.80. The molecular formula is C25H38N6. The molecule has 0 radical (unpaired) electrons. The van der Waals surface area contributed by atoms with Crippen LogP contribution in [0.4, 0.5) is 0 Å². The molecule has 6 heteroatoms. The van der Waals surface area contributed by atoms with Gasteiger partial charge in [0.2, 0.25) is 0 Å². The van der Waals surface area contributed by atoms with Gasteiger partial charge in [-0.3, -0.25) is 14.6 Å². The number of hydrogen-bond acceptors (Lipinski definition) is 3. The molecule has 2 fully saturated rings. The summed E-state index contributed by atoms with van der Waals surface area (Å²) in [5, 5.41) is 7.89. The van der Waals surface area contributed by atoms with Gasteiger partial charge in [0.25, 0.3) is 0 Å². The number of nitrogens with one attached hydrogen (secondary N) is 1. The number of guanidine groups is 1. The Kier molecular flexibility index (Phi) is 6.96. The topological polar surface area (TPSA) is 48.7 Å². The first kappa shape index (κ1) is 21.9. The summed E-state index contributed by atoms with van der Waals surface area (Å²) in [6, 6.07) is 9.10. The minimum Gasteiger partial charge on any atom is -0.352 e. The van der Waals surface area contributed by atoms with Crippen LogP contribution in [0, 0.1) is 11.8 Å². The van der Waals surface area contributed by atoms with Gasteiger partial charge < -0.3 is 10.2 Å². The van der Waals surface area contributed by atoms with E-state index < -0.39 is 0 Å². The van der Waals surface area contributed by atoms with Gasteiger partial charge >= 0.3 is 0 Å². The fourth-order valence-electron chi connectivity index (χ4n) is 5.33. The summed E-state index contributed by atoms with van der Waals surface area (Å²) in [6.45, 7) is 11.1. The number of aromatic nitrogens is 2. The molecule has 2 aliphatic heterocycles. The van der Waals surface area contributed by atoms with Crippen LogP contribution in [0.2, 0.25) is 0 Å². The lowest BCUT2D eigenvalue weighted by Gasteiger charge is -2.35. The number of aryl methyl sites for hydroxylation is 1. The van der Waals surface area contributed by atoms with E-state index in [9.17, 15) is 0 Å². The maximum absolute atomic E-state index is 4.53. The Morgan fingerprint density at radius 2 is 1.81 bits per heavy atom. The molecule has 4 rings (SSSR count). The maximum Gasteiger partial charge on any atom is 0.193 e. The molecule has 2 aromatic rings. The van der Waals surface area contributed by atoms with Crippen LogP contribution in [0.25, 0.3) is 0 Å². The molecule has 0 aliphatic carbocycles. The van der Waals surface area contributed by atoms with Gasteiger partial charge in [-0.05, 0) is 41.4 Å². The van der Waals surface area contributed by atoms with Crippen molar-refractivity contribution >= 4 is 5.96 Å². The second-order valence-electron chi connectivity index (χ2n) is 9.74. The fraction of sp³-hybridized carbons (Fsp3) is 0.600. The van der Waals surface area contributed by atoms with Gasteiger partial charge in [-0.25, -0.2) is 0 Å². The number of aliphatic imine (C=N–C) groups is 1. The van der Waals surface area contributed by atoms with E-state index in [1.54, 1.807) is 0 Å². The van der Waals surface area contributed by atoms with Crippen molar-refractivity contribution in [3.05, 3.63) is 53.3 Å². The average Bonchev–Trinajstić information content (AvgIpc) is 3.38. The molecule has 3 atom stereocenters. The van der Waals surface area contributed by atoms with Gasteiger partial charge in [-0.15, -0.1) is 0 Å². The Bertz CT molecular complexity index is 860. The second-order valence-corrected chi connectivity index (χ2v) is 9.74. The molecule has 1 N–H and O–H groups in total. The van der Waals surface area contributed by atoms with E-state index in [1.807, 2.05) is 25.0 Å². The van der Waals surface area contributed by atoms with Crippen molar-refractivity contribution < 1.29 is 0 Å². The first-order valence-electron chi connectivity index (χ1n) is 11.7. The highest BCUT2D eigenvalue weighted by Crippen LogP contribution is 2.27. The zero-order chi connectivity index (χ0) is 21.8. The van der Waals surface area contributed by atoms with Crippen molar-refractivity contribution in [2.45, 2.75) is 45.7 Å². The summed E-state index contributed by atoms with van der Waals surface area (Å²) in [5.74, 6) is 3.14.